The van der Waals surface area contributed by atoms with Crippen LogP contribution in [0, 0.1) is 5.41 Å². The molecule has 0 atom stereocenters. The maximum atomic E-state index is 9.44. The Labute approximate surface area is 100.0 Å². The van der Waals surface area contributed by atoms with Gasteiger partial charge in [0.1, 0.15) is 5.75 Å². The lowest BCUT2D eigenvalue weighted by Crippen LogP contribution is -2.18. The normalized spacial score (nSPS) is 14.6. The summed E-state index contributed by atoms with van der Waals surface area (Å²) in [5.74, 6) is 0.120. The first kappa shape index (κ1) is 11.3. The minimum absolute atomic E-state index is 0.120. The number of nitrogen functional groups attached to an aromatic ring is 1. The molecule has 1 aromatic rings. The van der Waals surface area contributed by atoms with Gasteiger partial charge in [0, 0.05) is 23.5 Å². The van der Waals surface area contributed by atoms with Gasteiger partial charge in [0.2, 0.25) is 0 Å². The molecule has 0 aliphatic carbocycles. The van der Waals surface area contributed by atoms with Gasteiger partial charge in [0.05, 0.1) is 5.71 Å². The first-order valence-corrected chi connectivity index (χ1v) is 5.38. The summed E-state index contributed by atoms with van der Waals surface area (Å²) in [5.41, 5.74) is 9.04. The largest absolute Gasteiger partial charge is 0.508 e. The number of allylic oxidation sites excluding steroid dienone is 3. The molecule has 0 bridgehead atoms. The van der Waals surface area contributed by atoms with Gasteiger partial charge in [-0.25, -0.2) is 0 Å². The number of phenols is 1. The predicted octanol–water partition coefficient (Wildman–Crippen LogP) is 1.78. The number of benzene rings is 1. The first-order chi connectivity index (χ1) is 8.08. The molecule has 0 spiro atoms. The van der Waals surface area contributed by atoms with Crippen molar-refractivity contribution in [3.63, 3.8) is 0 Å². The molecular formula is C13H15N3O. The minimum Gasteiger partial charge on any atom is -0.508 e. The van der Waals surface area contributed by atoms with Crippen LogP contribution in [0.3, 0.4) is 0 Å². The van der Waals surface area contributed by atoms with E-state index in [1.54, 1.807) is 6.07 Å². The maximum absolute atomic E-state index is 9.44. The van der Waals surface area contributed by atoms with Crippen molar-refractivity contribution in [2.45, 2.75) is 6.92 Å². The lowest BCUT2D eigenvalue weighted by molar-refractivity contribution is 0.475. The average molecular weight is 229 g/mol. The maximum Gasteiger partial charge on any atom is 0.116 e. The Hall–Kier alpha value is -2.23. The SMILES string of the molecule is CC1=CC(C(=N)c2cc(O)ccc2N)=CCN1. The van der Waals surface area contributed by atoms with Crippen molar-refractivity contribution in [1.29, 1.82) is 5.41 Å². The number of anilines is 1. The lowest BCUT2D eigenvalue weighted by Gasteiger charge is -2.15. The molecule has 1 aliphatic rings. The highest BCUT2D eigenvalue weighted by Gasteiger charge is 2.12. The summed E-state index contributed by atoms with van der Waals surface area (Å²) in [5, 5.41) is 20.7. The number of phenolic OH excluding ortho intramolecular Hbond substituents is 1. The number of nitrogens with two attached hydrogens (primary N) is 1. The Morgan fingerprint density at radius 1 is 1.47 bits per heavy atom. The number of rotatable bonds is 2. The molecular weight excluding hydrogens is 214 g/mol. The summed E-state index contributed by atoms with van der Waals surface area (Å²) in [7, 11) is 0. The second-order valence-corrected chi connectivity index (χ2v) is 4.01. The van der Waals surface area contributed by atoms with Crippen molar-refractivity contribution in [3.05, 3.63) is 47.2 Å². The van der Waals surface area contributed by atoms with Gasteiger partial charge in [-0.3, -0.25) is 5.41 Å². The zero-order valence-corrected chi connectivity index (χ0v) is 9.62. The summed E-state index contributed by atoms with van der Waals surface area (Å²) in [6.07, 6.45) is 3.83. The summed E-state index contributed by atoms with van der Waals surface area (Å²) in [6, 6.07) is 4.64. The molecule has 0 aromatic heterocycles. The third kappa shape index (κ3) is 2.30. The van der Waals surface area contributed by atoms with E-state index in [-0.39, 0.29) is 5.75 Å². The highest BCUT2D eigenvalue weighted by Crippen LogP contribution is 2.22. The van der Waals surface area contributed by atoms with Crippen LogP contribution < -0.4 is 11.1 Å². The molecule has 5 N–H and O–H groups in total. The number of hydrogen-bond donors (Lipinski definition) is 4. The van der Waals surface area contributed by atoms with Crippen LogP contribution in [-0.2, 0) is 0 Å². The van der Waals surface area contributed by atoms with E-state index in [2.05, 4.69) is 5.32 Å². The standard InChI is InChI=1S/C13H15N3O/c1-8-6-9(4-5-16-8)13(15)11-7-10(17)2-3-12(11)14/h2-4,6-7,15-17H,5,14H2,1H3. The zero-order chi connectivity index (χ0) is 12.4. The van der Waals surface area contributed by atoms with E-state index >= 15 is 0 Å². The Balaban J connectivity index is 2.38. The predicted molar refractivity (Wildman–Crippen MR) is 69.2 cm³/mol. The van der Waals surface area contributed by atoms with Crippen LogP contribution in [0.1, 0.15) is 12.5 Å². The fraction of sp³-hybridized carbons (Fsp3) is 0.154. The molecule has 4 heteroatoms. The van der Waals surface area contributed by atoms with E-state index in [4.69, 9.17) is 11.1 Å². The van der Waals surface area contributed by atoms with Crippen LogP contribution in [0.2, 0.25) is 0 Å². The van der Waals surface area contributed by atoms with E-state index in [0.29, 0.717) is 23.5 Å². The Morgan fingerprint density at radius 2 is 2.24 bits per heavy atom. The topological polar surface area (TPSA) is 82.1 Å². The highest BCUT2D eigenvalue weighted by atomic mass is 16.3. The Morgan fingerprint density at radius 3 is 2.94 bits per heavy atom. The van der Waals surface area contributed by atoms with Crippen molar-refractivity contribution < 1.29 is 5.11 Å². The molecule has 4 nitrogen and oxygen atoms in total. The summed E-state index contributed by atoms with van der Waals surface area (Å²) in [6.45, 7) is 2.66. The van der Waals surface area contributed by atoms with E-state index in [1.807, 2.05) is 19.1 Å². The van der Waals surface area contributed by atoms with Crippen molar-refractivity contribution >= 4 is 11.4 Å². The van der Waals surface area contributed by atoms with Gasteiger partial charge < -0.3 is 16.2 Å². The number of nitrogens with one attached hydrogen (secondary N) is 2. The molecule has 1 aliphatic heterocycles. The van der Waals surface area contributed by atoms with Crippen molar-refractivity contribution in [2.24, 2.45) is 0 Å². The van der Waals surface area contributed by atoms with Gasteiger partial charge in [-0.2, -0.15) is 0 Å². The molecule has 1 aromatic carbocycles. The Kier molecular flexibility index (Phi) is 2.87. The van der Waals surface area contributed by atoms with E-state index in [0.717, 1.165) is 11.3 Å². The smallest absolute Gasteiger partial charge is 0.116 e. The average Bonchev–Trinajstić information content (AvgIpc) is 2.31. The van der Waals surface area contributed by atoms with Gasteiger partial charge in [-0.05, 0) is 36.8 Å². The molecule has 0 fully saturated rings. The van der Waals surface area contributed by atoms with E-state index < -0.39 is 0 Å². The number of dihydropyridines is 1. The molecule has 0 unspecified atom stereocenters. The molecule has 2 rings (SSSR count). The number of hydrogen-bond acceptors (Lipinski definition) is 4. The van der Waals surface area contributed by atoms with Gasteiger partial charge in [-0.1, -0.05) is 6.08 Å². The molecule has 0 saturated carbocycles. The van der Waals surface area contributed by atoms with Gasteiger partial charge in [-0.15, -0.1) is 0 Å². The van der Waals surface area contributed by atoms with Crippen LogP contribution >= 0.6 is 0 Å². The van der Waals surface area contributed by atoms with E-state index in [1.165, 1.54) is 12.1 Å². The van der Waals surface area contributed by atoms with E-state index in [9.17, 15) is 5.11 Å². The summed E-state index contributed by atoms with van der Waals surface area (Å²) >= 11 is 0. The molecule has 0 saturated heterocycles. The summed E-state index contributed by atoms with van der Waals surface area (Å²) in [4.78, 5) is 0. The Bertz CT molecular complexity index is 529. The van der Waals surface area contributed by atoms with Crippen LogP contribution in [0.25, 0.3) is 0 Å². The van der Waals surface area contributed by atoms with Gasteiger partial charge in [0.25, 0.3) is 0 Å². The third-order valence-electron chi connectivity index (χ3n) is 2.67. The van der Waals surface area contributed by atoms with Crippen molar-refractivity contribution in [1.82, 2.24) is 5.32 Å². The summed E-state index contributed by atoms with van der Waals surface area (Å²) < 4.78 is 0. The quantitative estimate of drug-likeness (QED) is 0.354. The van der Waals surface area contributed by atoms with Crippen LogP contribution in [0.15, 0.2) is 41.6 Å². The zero-order valence-electron chi connectivity index (χ0n) is 9.62. The third-order valence-corrected chi connectivity index (χ3v) is 2.67. The highest BCUT2D eigenvalue weighted by molar-refractivity contribution is 6.15. The fourth-order valence-corrected chi connectivity index (χ4v) is 1.76. The van der Waals surface area contributed by atoms with Gasteiger partial charge in [0.15, 0.2) is 0 Å². The molecule has 1 heterocycles. The van der Waals surface area contributed by atoms with Gasteiger partial charge >= 0.3 is 0 Å². The second-order valence-electron chi connectivity index (χ2n) is 4.01. The second kappa shape index (κ2) is 4.33. The molecule has 0 radical (unpaired) electrons. The molecule has 88 valence electrons. The number of aromatic hydroxyl groups is 1. The molecule has 0 amide bonds. The monoisotopic (exact) mass is 229 g/mol. The first-order valence-electron chi connectivity index (χ1n) is 5.38. The minimum atomic E-state index is 0.120. The lowest BCUT2D eigenvalue weighted by atomic mass is 9.98. The van der Waals surface area contributed by atoms with Crippen LogP contribution in [0.5, 0.6) is 5.75 Å². The molecule has 17 heavy (non-hydrogen) atoms. The van der Waals surface area contributed by atoms with Crippen molar-refractivity contribution in [2.75, 3.05) is 12.3 Å². The fourth-order valence-electron chi connectivity index (χ4n) is 1.76. The van der Waals surface area contributed by atoms with Crippen molar-refractivity contribution in [3.8, 4) is 5.75 Å². The van der Waals surface area contributed by atoms with Crippen LogP contribution in [-0.4, -0.2) is 17.4 Å². The van der Waals surface area contributed by atoms with Crippen LogP contribution in [0.4, 0.5) is 5.69 Å².